The molecule has 1 saturated carbocycles. The van der Waals surface area contributed by atoms with Gasteiger partial charge < -0.3 is 10.4 Å². The lowest BCUT2D eigenvalue weighted by Gasteiger charge is -2.28. The molecule has 6 heteroatoms. The Morgan fingerprint density at radius 1 is 1.38 bits per heavy atom. The minimum absolute atomic E-state index is 0.232. The van der Waals surface area contributed by atoms with Gasteiger partial charge in [-0.15, -0.1) is 11.3 Å². The van der Waals surface area contributed by atoms with Gasteiger partial charge in [-0.05, 0) is 31.0 Å². The minimum atomic E-state index is -0.506. The number of benzene rings is 1. The number of rotatable bonds is 2. The summed E-state index contributed by atoms with van der Waals surface area (Å²) in [6.45, 7) is 0. The highest BCUT2D eigenvalue weighted by atomic mass is 35.5. The van der Waals surface area contributed by atoms with Gasteiger partial charge in [-0.25, -0.2) is 4.39 Å². The lowest BCUT2D eigenvalue weighted by Crippen LogP contribution is -2.44. The lowest BCUT2D eigenvalue weighted by molar-refractivity contribution is 0.0720. The average molecular weight is 328 g/mol. The van der Waals surface area contributed by atoms with Gasteiger partial charge in [-0.3, -0.25) is 4.79 Å². The Labute approximate surface area is 130 Å². The molecule has 2 atom stereocenters. The summed E-state index contributed by atoms with van der Waals surface area (Å²) < 4.78 is 13.9. The first-order chi connectivity index (χ1) is 10.1. The molecule has 1 aliphatic carbocycles. The fraction of sp³-hybridized carbons (Fsp3) is 0.400. The van der Waals surface area contributed by atoms with Crippen molar-refractivity contribution < 1.29 is 14.3 Å². The highest BCUT2D eigenvalue weighted by molar-refractivity contribution is 7.21. The largest absolute Gasteiger partial charge is 0.391 e. The predicted molar refractivity (Wildman–Crippen MR) is 82.5 cm³/mol. The van der Waals surface area contributed by atoms with E-state index in [1.54, 1.807) is 6.07 Å². The molecule has 1 aromatic heterocycles. The van der Waals surface area contributed by atoms with Crippen molar-refractivity contribution in [2.45, 2.75) is 37.8 Å². The molecule has 0 saturated heterocycles. The highest BCUT2D eigenvalue weighted by Gasteiger charge is 2.26. The summed E-state index contributed by atoms with van der Waals surface area (Å²) in [6.07, 6.45) is 2.94. The normalized spacial score (nSPS) is 22.4. The zero-order valence-corrected chi connectivity index (χ0v) is 12.8. The van der Waals surface area contributed by atoms with Crippen molar-refractivity contribution in [1.29, 1.82) is 0 Å². The van der Waals surface area contributed by atoms with Crippen LogP contribution in [0.4, 0.5) is 4.39 Å². The van der Waals surface area contributed by atoms with Gasteiger partial charge in [0, 0.05) is 10.1 Å². The van der Waals surface area contributed by atoms with E-state index in [1.807, 2.05) is 0 Å². The first kappa shape index (κ1) is 14.8. The third kappa shape index (κ3) is 2.91. The minimum Gasteiger partial charge on any atom is -0.391 e. The van der Waals surface area contributed by atoms with Crippen LogP contribution in [0.3, 0.4) is 0 Å². The fourth-order valence-electron chi connectivity index (χ4n) is 2.70. The quantitative estimate of drug-likeness (QED) is 0.883. The number of thiophene rings is 1. The van der Waals surface area contributed by atoms with Crippen molar-refractivity contribution in [3.8, 4) is 0 Å². The van der Waals surface area contributed by atoms with E-state index >= 15 is 0 Å². The van der Waals surface area contributed by atoms with Gasteiger partial charge >= 0.3 is 0 Å². The first-order valence-electron chi connectivity index (χ1n) is 6.93. The highest BCUT2D eigenvalue weighted by Crippen LogP contribution is 2.35. The van der Waals surface area contributed by atoms with Crippen LogP contribution in [0.1, 0.15) is 35.4 Å². The molecule has 3 rings (SSSR count). The van der Waals surface area contributed by atoms with Crippen LogP contribution in [0, 0.1) is 5.82 Å². The molecule has 1 fully saturated rings. The number of aliphatic hydroxyl groups is 1. The molecular weight excluding hydrogens is 313 g/mol. The Balaban J connectivity index is 1.85. The maximum atomic E-state index is 13.2. The van der Waals surface area contributed by atoms with Crippen LogP contribution in [-0.2, 0) is 0 Å². The van der Waals surface area contributed by atoms with Crippen molar-refractivity contribution in [1.82, 2.24) is 5.32 Å². The summed E-state index contributed by atoms with van der Waals surface area (Å²) >= 11 is 7.39. The van der Waals surface area contributed by atoms with Crippen molar-refractivity contribution in [2.24, 2.45) is 0 Å². The van der Waals surface area contributed by atoms with Crippen molar-refractivity contribution in [3.05, 3.63) is 33.9 Å². The summed E-state index contributed by atoms with van der Waals surface area (Å²) in [4.78, 5) is 12.7. The van der Waals surface area contributed by atoms with Crippen LogP contribution < -0.4 is 5.32 Å². The maximum absolute atomic E-state index is 13.2. The third-order valence-corrected chi connectivity index (χ3v) is 5.50. The zero-order valence-electron chi connectivity index (χ0n) is 11.2. The number of halogens is 2. The van der Waals surface area contributed by atoms with Crippen molar-refractivity contribution in [3.63, 3.8) is 0 Å². The van der Waals surface area contributed by atoms with Gasteiger partial charge in [0.2, 0.25) is 0 Å². The topological polar surface area (TPSA) is 49.3 Å². The Bertz CT molecular complexity index is 688. The zero-order chi connectivity index (χ0) is 15.0. The maximum Gasteiger partial charge on any atom is 0.263 e. The second kappa shape index (κ2) is 5.91. The fourth-order valence-corrected chi connectivity index (χ4v) is 4.14. The third-order valence-electron chi connectivity index (χ3n) is 3.84. The van der Waals surface area contributed by atoms with Gasteiger partial charge in [-0.2, -0.15) is 0 Å². The molecule has 0 radical (unpaired) electrons. The second-order valence-electron chi connectivity index (χ2n) is 5.32. The average Bonchev–Trinajstić information content (AvgIpc) is 2.78. The number of aliphatic hydroxyl groups excluding tert-OH is 1. The molecule has 1 aromatic carbocycles. The molecule has 2 aromatic rings. The van der Waals surface area contributed by atoms with Crippen LogP contribution in [0.2, 0.25) is 5.02 Å². The van der Waals surface area contributed by atoms with E-state index in [1.165, 1.54) is 23.5 Å². The molecule has 2 N–H and O–H groups in total. The lowest BCUT2D eigenvalue weighted by atomic mass is 9.92. The molecule has 1 amide bonds. The molecule has 0 spiro atoms. The van der Waals surface area contributed by atoms with Gasteiger partial charge in [-0.1, -0.05) is 24.4 Å². The SMILES string of the molecule is O=C(N[C@H]1CCCC[C@@H]1O)c1sc2cc(F)ccc2c1Cl. The molecule has 1 heterocycles. The van der Waals surface area contributed by atoms with E-state index in [4.69, 9.17) is 11.6 Å². The summed E-state index contributed by atoms with van der Waals surface area (Å²) in [5.41, 5.74) is 0. The van der Waals surface area contributed by atoms with E-state index in [-0.39, 0.29) is 17.8 Å². The summed E-state index contributed by atoms with van der Waals surface area (Å²) in [5, 5.41) is 13.8. The molecule has 112 valence electrons. The van der Waals surface area contributed by atoms with Crippen LogP contribution in [-0.4, -0.2) is 23.2 Å². The number of nitrogens with one attached hydrogen (secondary N) is 1. The van der Waals surface area contributed by atoms with Crippen LogP contribution in [0.15, 0.2) is 18.2 Å². The van der Waals surface area contributed by atoms with E-state index in [9.17, 15) is 14.3 Å². The van der Waals surface area contributed by atoms with Crippen LogP contribution >= 0.6 is 22.9 Å². The number of hydrogen-bond acceptors (Lipinski definition) is 3. The molecule has 21 heavy (non-hydrogen) atoms. The predicted octanol–water partition coefficient (Wildman–Crippen LogP) is 3.73. The Morgan fingerprint density at radius 3 is 2.90 bits per heavy atom. The van der Waals surface area contributed by atoms with Gasteiger partial charge in [0.05, 0.1) is 17.2 Å². The standard InChI is InChI=1S/C15H15ClFNO2S/c16-13-9-6-5-8(17)7-12(9)21-14(13)15(20)18-10-3-1-2-4-11(10)19/h5-7,10-11,19H,1-4H2,(H,18,20)/t10-,11-/m0/s1. The molecular formula is C15H15ClFNO2S. The van der Waals surface area contributed by atoms with Crippen LogP contribution in [0.5, 0.6) is 0 Å². The number of fused-ring (bicyclic) bond motifs is 1. The molecule has 1 aliphatic rings. The molecule has 0 bridgehead atoms. The van der Waals surface area contributed by atoms with E-state index in [2.05, 4.69) is 5.32 Å². The Morgan fingerprint density at radius 2 is 2.14 bits per heavy atom. The van der Waals surface area contributed by atoms with Crippen molar-refractivity contribution >= 4 is 38.9 Å². The van der Waals surface area contributed by atoms with Gasteiger partial charge in [0.15, 0.2) is 0 Å². The number of hydrogen-bond donors (Lipinski definition) is 2. The van der Waals surface area contributed by atoms with E-state index in [0.29, 0.717) is 26.4 Å². The number of carbonyl (C=O) groups excluding carboxylic acids is 1. The molecule has 0 unspecified atom stereocenters. The summed E-state index contributed by atoms with van der Waals surface area (Å²) in [6, 6.07) is 4.05. The smallest absolute Gasteiger partial charge is 0.263 e. The monoisotopic (exact) mass is 327 g/mol. The number of amides is 1. The van der Waals surface area contributed by atoms with Gasteiger partial charge in [0.1, 0.15) is 10.7 Å². The van der Waals surface area contributed by atoms with E-state index < -0.39 is 6.10 Å². The Hall–Kier alpha value is -1.17. The van der Waals surface area contributed by atoms with E-state index in [0.717, 1.165) is 19.3 Å². The van der Waals surface area contributed by atoms with Crippen LogP contribution in [0.25, 0.3) is 10.1 Å². The summed E-state index contributed by atoms with van der Waals surface area (Å²) in [5.74, 6) is -0.650. The Kier molecular flexibility index (Phi) is 4.15. The van der Waals surface area contributed by atoms with Crippen molar-refractivity contribution in [2.75, 3.05) is 0 Å². The number of carbonyl (C=O) groups is 1. The molecule has 3 nitrogen and oxygen atoms in total. The molecule has 0 aliphatic heterocycles. The first-order valence-corrected chi connectivity index (χ1v) is 8.12. The summed E-state index contributed by atoms with van der Waals surface area (Å²) in [7, 11) is 0. The second-order valence-corrected chi connectivity index (χ2v) is 6.75. The van der Waals surface area contributed by atoms with Gasteiger partial charge in [0.25, 0.3) is 5.91 Å².